The number of hydrogen-bond acceptors (Lipinski definition) is 2. The van der Waals surface area contributed by atoms with Crippen LogP contribution in [0.2, 0.25) is 0 Å². The lowest BCUT2D eigenvalue weighted by Crippen LogP contribution is -2.48. The third-order valence-corrected chi connectivity index (χ3v) is 7.12. The summed E-state index contributed by atoms with van der Waals surface area (Å²) in [7, 11) is 0. The van der Waals surface area contributed by atoms with E-state index in [1.165, 1.54) is 16.7 Å². The Kier molecular flexibility index (Phi) is 6.45. The van der Waals surface area contributed by atoms with E-state index in [-0.39, 0.29) is 11.6 Å². The lowest BCUT2D eigenvalue weighted by atomic mass is 9.85. The molecule has 0 bridgehead atoms. The highest BCUT2D eigenvalue weighted by molar-refractivity contribution is 5.78. The summed E-state index contributed by atoms with van der Waals surface area (Å²) in [5, 5.41) is 3.44. The predicted octanol–water partition coefficient (Wildman–Crippen LogP) is 4.90. The molecule has 2 amide bonds. The maximum Gasteiger partial charge on any atom is 0.318 e. The Bertz CT molecular complexity index is 989. The summed E-state index contributed by atoms with van der Waals surface area (Å²) in [5.41, 5.74) is 3.63. The van der Waals surface area contributed by atoms with Gasteiger partial charge in [-0.15, -0.1) is 0 Å². The Labute approximate surface area is 197 Å². The lowest BCUT2D eigenvalue weighted by Gasteiger charge is -2.37. The van der Waals surface area contributed by atoms with Gasteiger partial charge in [-0.05, 0) is 42.4 Å². The molecule has 33 heavy (non-hydrogen) atoms. The first-order chi connectivity index (χ1) is 16.2. The molecular weight excluding hydrogens is 406 g/mol. The lowest BCUT2D eigenvalue weighted by molar-refractivity contribution is 0.127. The van der Waals surface area contributed by atoms with Crippen molar-refractivity contribution in [1.29, 1.82) is 0 Å². The van der Waals surface area contributed by atoms with E-state index in [4.69, 9.17) is 0 Å². The van der Waals surface area contributed by atoms with E-state index in [0.29, 0.717) is 6.04 Å². The second-order valence-electron chi connectivity index (χ2n) is 9.66. The number of piperidine rings is 1. The van der Waals surface area contributed by atoms with Crippen molar-refractivity contribution in [2.24, 2.45) is 0 Å². The van der Waals surface area contributed by atoms with Crippen molar-refractivity contribution >= 4 is 6.03 Å². The molecule has 0 aliphatic carbocycles. The van der Waals surface area contributed by atoms with E-state index in [2.05, 4.69) is 106 Å². The fourth-order valence-corrected chi connectivity index (χ4v) is 5.50. The van der Waals surface area contributed by atoms with Crippen molar-refractivity contribution in [3.8, 4) is 0 Å². The highest BCUT2D eigenvalue weighted by Crippen LogP contribution is 2.30. The van der Waals surface area contributed by atoms with Crippen LogP contribution in [0.15, 0.2) is 91.0 Å². The molecule has 0 atom stereocenters. The fraction of sp³-hybridized carbons (Fsp3) is 0.345. The molecule has 2 aliphatic heterocycles. The molecule has 1 N–H and O–H groups in total. The first-order valence-electron chi connectivity index (χ1n) is 12.1. The van der Waals surface area contributed by atoms with Crippen LogP contribution < -0.4 is 5.32 Å². The molecule has 2 aliphatic rings. The maximum atomic E-state index is 13.2. The molecule has 0 unspecified atom stereocenters. The molecule has 0 aromatic heterocycles. The SMILES string of the molecule is O=C1NC(Cc2ccccc2)(Cc2ccccc2)CN1C1CCN(Cc2ccccc2)CC1. The largest absolute Gasteiger partial charge is 0.330 e. The summed E-state index contributed by atoms with van der Waals surface area (Å²) in [6.45, 7) is 3.83. The van der Waals surface area contributed by atoms with Crippen molar-refractivity contribution in [3.05, 3.63) is 108 Å². The molecule has 2 fully saturated rings. The van der Waals surface area contributed by atoms with Gasteiger partial charge in [0.05, 0.1) is 5.54 Å². The molecule has 4 nitrogen and oxygen atoms in total. The number of hydrogen-bond donors (Lipinski definition) is 1. The van der Waals surface area contributed by atoms with Gasteiger partial charge >= 0.3 is 6.03 Å². The molecule has 0 spiro atoms. The van der Waals surface area contributed by atoms with Crippen LogP contribution in [-0.2, 0) is 19.4 Å². The van der Waals surface area contributed by atoms with Crippen LogP contribution in [0.5, 0.6) is 0 Å². The first-order valence-corrected chi connectivity index (χ1v) is 12.1. The summed E-state index contributed by atoms with van der Waals surface area (Å²) >= 11 is 0. The number of amides is 2. The molecule has 0 saturated carbocycles. The second-order valence-corrected chi connectivity index (χ2v) is 9.66. The van der Waals surface area contributed by atoms with Crippen molar-refractivity contribution in [1.82, 2.24) is 15.1 Å². The zero-order valence-electron chi connectivity index (χ0n) is 19.2. The molecule has 4 heteroatoms. The van der Waals surface area contributed by atoms with Gasteiger partial charge in [0.2, 0.25) is 0 Å². The van der Waals surface area contributed by atoms with E-state index in [0.717, 1.165) is 51.9 Å². The third kappa shape index (κ3) is 5.28. The van der Waals surface area contributed by atoms with Gasteiger partial charge in [-0.3, -0.25) is 4.90 Å². The minimum Gasteiger partial charge on any atom is -0.330 e. The Morgan fingerprint density at radius 2 is 1.21 bits per heavy atom. The number of carbonyl (C=O) groups excluding carboxylic acids is 1. The number of urea groups is 1. The number of carbonyl (C=O) groups is 1. The van der Waals surface area contributed by atoms with Crippen LogP contribution in [0, 0.1) is 0 Å². The summed E-state index contributed by atoms with van der Waals surface area (Å²) in [5.74, 6) is 0. The molecule has 2 heterocycles. The summed E-state index contributed by atoms with van der Waals surface area (Å²) in [4.78, 5) is 17.9. The highest BCUT2D eigenvalue weighted by Gasteiger charge is 2.45. The summed E-state index contributed by atoms with van der Waals surface area (Å²) in [6, 6.07) is 32.2. The van der Waals surface area contributed by atoms with E-state index in [1.807, 2.05) is 0 Å². The Balaban J connectivity index is 1.28. The Morgan fingerprint density at radius 1 is 0.727 bits per heavy atom. The fourth-order valence-electron chi connectivity index (χ4n) is 5.50. The number of likely N-dealkylation sites (tertiary alicyclic amines) is 1. The first kappa shape index (κ1) is 21.7. The van der Waals surface area contributed by atoms with Crippen LogP contribution >= 0.6 is 0 Å². The average molecular weight is 440 g/mol. The van der Waals surface area contributed by atoms with Gasteiger partial charge in [0.25, 0.3) is 0 Å². The summed E-state index contributed by atoms with van der Waals surface area (Å²) < 4.78 is 0. The van der Waals surface area contributed by atoms with E-state index in [1.54, 1.807) is 0 Å². The van der Waals surface area contributed by atoms with Gasteiger partial charge in [-0.1, -0.05) is 91.0 Å². The standard InChI is InChI=1S/C29H33N3O/c33-28-30-29(20-24-10-4-1-5-11-24,21-25-12-6-2-7-13-25)23-32(28)27-16-18-31(19-17-27)22-26-14-8-3-9-15-26/h1-15,27H,16-23H2,(H,30,33). The van der Waals surface area contributed by atoms with Crippen molar-refractivity contribution < 1.29 is 4.79 Å². The smallest absolute Gasteiger partial charge is 0.318 e. The quantitative estimate of drug-likeness (QED) is 0.568. The van der Waals surface area contributed by atoms with Crippen LogP contribution in [0.1, 0.15) is 29.5 Å². The van der Waals surface area contributed by atoms with Crippen molar-refractivity contribution in [3.63, 3.8) is 0 Å². The Hall–Kier alpha value is -3.11. The van der Waals surface area contributed by atoms with E-state index >= 15 is 0 Å². The third-order valence-electron chi connectivity index (χ3n) is 7.12. The maximum absolute atomic E-state index is 13.2. The zero-order valence-corrected chi connectivity index (χ0v) is 19.2. The van der Waals surface area contributed by atoms with Gasteiger partial charge in [-0.25, -0.2) is 4.79 Å². The molecule has 170 valence electrons. The van der Waals surface area contributed by atoms with Crippen LogP contribution in [0.4, 0.5) is 4.79 Å². The zero-order chi connectivity index (χ0) is 22.5. The van der Waals surface area contributed by atoms with E-state index in [9.17, 15) is 4.79 Å². The molecule has 0 radical (unpaired) electrons. The molecule has 2 saturated heterocycles. The normalized spacial score (nSPS) is 18.9. The number of benzene rings is 3. The van der Waals surface area contributed by atoms with Crippen molar-refractivity contribution in [2.75, 3.05) is 19.6 Å². The van der Waals surface area contributed by atoms with Crippen molar-refractivity contribution in [2.45, 2.75) is 43.8 Å². The average Bonchev–Trinajstić information content (AvgIpc) is 3.17. The summed E-state index contributed by atoms with van der Waals surface area (Å²) in [6.07, 6.45) is 3.76. The minimum atomic E-state index is -0.277. The molecular formula is C29H33N3O. The van der Waals surface area contributed by atoms with Gasteiger partial charge in [0.15, 0.2) is 0 Å². The van der Waals surface area contributed by atoms with Crippen LogP contribution in [0.3, 0.4) is 0 Å². The van der Waals surface area contributed by atoms with Crippen LogP contribution in [-0.4, -0.2) is 47.0 Å². The Morgan fingerprint density at radius 3 is 1.73 bits per heavy atom. The number of nitrogens with zero attached hydrogens (tertiary/aromatic N) is 2. The molecule has 3 aromatic carbocycles. The van der Waals surface area contributed by atoms with Gasteiger partial charge in [-0.2, -0.15) is 0 Å². The number of nitrogens with one attached hydrogen (secondary N) is 1. The molecule has 5 rings (SSSR count). The monoisotopic (exact) mass is 439 g/mol. The highest BCUT2D eigenvalue weighted by atomic mass is 16.2. The van der Waals surface area contributed by atoms with E-state index < -0.39 is 0 Å². The van der Waals surface area contributed by atoms with Gasteiger partial charge < -0.3 is 10.2 Å². The second kappa shape index (κ2) is 9.80. The number of rotatable bonds is 7. The topological polar surface area (TPSA) is 35.6 Å². The van der Waals surface area contributed by atoms with Gasteiger partial charge in [0.1, 0.15) is 0 Å². The van der Waals surface area contributed by atoms with Gasteiger partial charge in [0, 0.05) is 32.2 Å². The van der Waals surface area contributed by atoms with Crippen LogP contribution in [0.25, 0.3) is 0 Å². The molecule has 3 aromatic rings. The minimum absolute atomic E-state index is 0.100. The predicted molar refractivity (Wildman–Crippen MR) is 133 cm³/mol.